The van der Waals surface area contributed by atoms with Crippen LogP contribution in [0.2, 0.25) is 0 Å². The monoisotopic (exact) mass is 923 g/mol. The molecule has 0 aliphatic carbocycles. The Morgan fingerprint density at radius 3 is 2.62 bits per heavy atom. The summed E-state index contributed by atoms with van der Waals surface area (Å²) in [7, 11) is 1.88. The molecule has 0 saturated carbocycles. The smallest absolute Gasteiger partial charge is 0.255 e. The highest BCUT2D eigenvalue weighted by Gasteiger charge is 2.40. The van der Waals surface area contributed by atoms with Crippen LogP contribution in [0.1, 0.15) is 108 Å². The third kappa shape index (κ3) is 12.3. The van der Waals surface area contributed by atoms with Crippen LogP contribution in [-0.2, 0) is 49.2 Å². The number of nitrogens with one attached hydrogen (secondary N) is 4. The Labute approximate surface area is 394 Å². The summed E-state index contributed by atoms with van der Waals surface area (Å²) in [5.41, 5.74) is 5.63. The molecule has 3 aromatic carbocycles. The van der Waals surface area contributed by atoms with Crippen molar-refractivity contribution in [2.24, 2.45) is 7.05 Å². The van der Waals surface area contributed by atoms with E-state index in [1.807, 2.05) is 65.0 Å². The van der Waals surface area contributed by atoms with E-state index in [-0.39, 0.29) is 30.2 Å². The van der Waals surface area contributed by atoms with E-state index in [9.17, 15) is 24.3 Å². The third-order valence-electron chi connectivity index (χ3n) is 12.1. The summed E-state index contributed by atoms with van der Waals surface area (Å²) in [5, 5.41) is 38.7. The molecular formula is C49H57N13O6. The third-order valence-corrected chi connectivity index (χ3v) is 12.1. The molecule has 354 valence electrons. The summed E-state index contributed by atoms with van der Waals surface area (Å²) >= 11 is 0. The van der Waals surface area contributed by atoms with Crippen molar-refractivity contribution in [1.82, 2.24) is 55.3 Å². The molecule has 1 saturated heterocycles. The van der Waals surface area contributed by atoms with Gasteiger partial charge in [0.25, 0.3) is 11.8 Å². The number of amides is 4. The first kappa shape index (κ1) is 47.0. The lowest BCUT2D eigenvalue weighted by Crippen LogP contribution is -2.54. The summed E-state index contributed by atoms with van der Waals surface area (Å²) < 4.78 is 9.80. The minimum atomic E-state index is -0.895. The van der Waals surface area contributed by atoms with Gasteiger partial charge in [0.05, 0.1) is 18.8 Å². The van der Waals surface area contributed by atoms with E-state index in [4.69, 9.17) is 4.74 Å². The number of aliphatic hydroxyl groups excluding tert-OH is 1. The molecule has 0 radical (unpaired) electrons. The minimum absolute atomic E-state index is 0.134. The van der Waals surface area contributed by atoms with Crippen LogP contribution in [0, 0.1) is 0 Å². The lowest BCUT2D eigenvalue weighted by atomic mass is 10.0. The number of aromatic nitrogens is 8. The molecule has 2 unspecified atom stereocenters. The number of fused-ring (bicyclic) bond motifs is 1. The first-order valence-electron chi connectivity index (χ1n) is 23.3. The maximum atomic E-state index is 13.1. The van der Waals surface area contributed by atoms with Crippen molar-refractivity contribution in [3.8, 4) is 17.3 Å². The number of unbranched alkanes of at least 4 members (excludes halogenated alkanes) is 5. The normalized spacial score (nSPS) is 15.5. The van der Waals surface area contributed by atoms with Crippen LogP contribution in [-0.4, -0.2) is 92.2 Å². The number of carbonyl (C=O) groups excluding carboxylic acids is 4. The Morgan fingerprint density at radius 2 is 1.75 bits per heavy atom. The second-order valence-corrected chi connectivity index (χ2v) is 17.1. The van der Waals surface area contributed by atoms with E-state index in [0.717, 1.165) is 80.0 Å². The number of aryl methyl sites for hydroxylation is 2. The predicted octanol–water partition coefficient (Wildman–Crippen LogP) is 5.34. The van der Waals surface area contributed by atoms with Crippen molar-refractivity contribution in [1.29, 1.82) is 0 Å². The molecular weight excluding hydrogens is 867 g/mol. The van der Waals surface area contributed by atoms with E-state index in [1.165, 1.54) is 11.2 Å². The van der Waals surface area contributed by atoms with E-state index in [1.54, 1.807) is 36.5 Å². The second-order valence-electron chi connectivity index (χ2n) is 17.1. The van der Waals surface area contributed by atoms with Gasteiger partial charge in [-0.1, -0.05) is 48.7 Å². The Morgan fingerprint density at radius 1 is 0.897 bits per heavy atom. The maximum absolute atomic E-state index is 13.1. The van der Waals surface area contributed by atoms with E-state index < -0.39 is 12.3 Å². The first-order valence-corrected chi connectivity index (χ1v) is 23.3. The number of benzene rings is 3. The fourth-order valence-electron chi connectivity index (χ4n) is 8.41. The van der Waals surface area contributed by atoms with Crippen molar-refractivity contribution in [2.45, 2.75) is 109 Å². The molecule has 19 heteroatoms. The lowest BCUT2D eigenvalue weighted by molar-refractivity contribution is -0.132. The van der Waals surface area contributed by atoms with Crippen molar-refractivity contribution in [2.75, 3.05) is 17.2 Å². The first-order chi connectivity index (χ1) is 33.2. The van der Waals surface area contributed by atoms with Gasteiger partial charge in [-0.2, -0.15) is 0 Å². The number of hydrogen-bond acceptors (Lipinski definition) is 13. The number of nitrogens with zero attached hydrogens (tertiary/aromatic N) is 9. The van der Waals surface area contributed by atoms with Crippen LogP contribution < -0.4 is 26.0 Å². The minimum Gasteiger partial charge on any atom is -0.494 e. The molecule has 68 heavy (non-hydrogen) atoms. The fraction of sp³-hybridized carbons (Fsp3) is 0.388. The molecule has 5 heterocycles. The lowest BCUT2D eigenvalue weighted by Gasteiger charge is -2.32. The molecule has 2 aliphatic rings. The van der Waals surface area contributed by atoms with Gasteiger partial charge in [-0.15, -0.1) is 15.3 Å². The summed E-state index contributed by atoms with van der Waals surface area (Å²) in [6.45, 7) is 2.42. The topological polar surface area (TPSA) is 236 Å². The molecule has 1 fully saturated rings. The number of aliphatic hydroxyl groups is 1. The van der Waals surface area contributed by atoms with Crippen LogP contribution in [0.3, 0.4) is 0 Å². The van der Waals surface area contributed by atoms with Crippen molar-refractivity contribution >= 4 is 35.0 Å². The molecule has 8 rings (SSSR count). The van der Waals surface area contributed by atoms with Gasteiger partial charge >= 0.3 is 0 Å². The zero-order valence-electron chi connectivity index (χ0n) is 38.1. The summed E-state index contributed by atoms with van der Waals surface area (Å²) in [5.74, 6) is 1.22. The van der Waals surface area contributed by atoms with Crippen LogP contribution in [0.5, 0.6) is 5.75 Å². The number of hydrogen-bond donors (Lipinski definition) is 5. The number of ether oxygens (including phenoxy) is 1. The van der Waals surface area contributed by atoms with Gasteiger partial charge in [-0.25, -0.2) is 9.97 Å². The van der Waals surface area contributed by atoms with Crippen LogP contribution in [0.15, 0.2) is 91.5 Å². The van der Waals surface area contributed by atoms with Crippen molar-refractivity contribution in [3.63, 3.8) is 0 Å². The highest BCUT2D eigenvalue weighted by Crippen LogP contribution is 2.33. The van der Waals surface area contributed by atoms with Crippen molar-refractivity contribution < 1.29 is 29.0 Å². The summed E-state index contributed by atoms with van der Waals surface area (Å²) in [6.07, 6.45) is 12.6. The molecule has 6 aromatic rings. The summed E-state index contributed by atoms with van der Waals surface area (Å²) in [6, 6.07) is 21.5. The van der Waals surface area contributed by atoms with Crippen LogP contribution in [0.4, 0.5) is 11.4 Å². The molecule has 0 bridgehead atoms. The van der Waals surface area contributed by atoms with Gasteiger partial charge in [0.15, 0.2) is 11.6 Å². The molecule has 2 atom stereocenters. The molecule has 4 amide bonds. The predicted molar refractivity (Wildman–Crippen MR) is 252 cm³/mol. The highest BCUT2D eigenvalue weighted by molar-refractivity contribution is 6.04. The Kier molecular flexibility index (Phi) is 15.7. The van der Waals surface area contributed by atoms with Gasteiger partial charge in [-0.3, -0.25) is 23.9 Å². The molecule has 19 nitrogen and oxygen atoms in total. The summed E-state index contributed by atoms with van der Waals surface area (Å²) in [4.78, 5) is 61.3. The molecule has 3 aromatic heterocycles. The largest absolute Gasteiger partial charge is 0.494 e. The van der Waals surface area contributed by atoms with Gasteiger partial charge in [-0.05, 0) is 99.0 Å². The number of piperidine rings is 1. The Hall–Kier alpha value is -7.54. The molecule has 5 N–H and O–H groups in total. The zero-order valence-corrected chi connectivity index (χ0v) is 38.1. The van der Waals surface area contributed by atoms with E-state index in [2.05, 4.69) is 51.7 Å². The second kappa shape index (κ2) is 22.8. The van der Waals surface area contributed by atoms with Gasteiger partial charge in [0, 0.05) is 73.6 Å². The van der Waals surface area contributed by atoms with Crippen molar-refractivity contribution in [3.05, 3.63) is 125 Å². The van der Waals surface area contributed by atoms with Crippen LogP contribution >= 0.6 is 0 Å². The fourth-order valence-corrected chi connectivity index (χ4v) is 8.41. The average Bonchev–Trinajstić information content (AvgIpc) is 4.07. The van der Waals surface area contributed by atoms with Crippen LogP contribution in [0.25, 0.3) is 11.5 Å². The standard InChI is InChI=1S/C49H57N13O6/c1-60-43(57-58-46(60)41-22-23-50-32-53-41)29-51-35-15-10-13-34(27-35)47(65)52-28-33-12-9-16-37(26-33)68-25-8-4-2-3-7-24-61-30-36(56-59-61)14-5-6-19-44(63)54-40-18-11-17-38-39(40)31-62(49(38)67)42-20-21-45(64)55-48(42)66/h9-13,15-18,22-23,26-27,30,32,42,45,51,64H,2-8,14,19-21,24-25,28-29,31H2,1H3,(H,52,65)(H,54,63)(H,55,66). The number of carbonyl (C=O) groups is 4. The Bertz CT molecular complexity index is 2690. The average molecular weight is 924 g/mol. The van der Waals surface area contributed by atoms with E-state index in [0.29, 0.717) is 79.3 Å². The van der Waals surface area contributed by atoms with E-state index >= 15 is 0 Å². The number of rotatable bonds is 23. The SMILES string of the molecule is Cn1c(CNc2cccc(C(=O)NCc3cccc(OCCCCCCCn4cc(CCCCC(=O)Nc5cccc6c5CN(C5CCC(O)NC5=O)C6=O)nn4)c3)c2)nnc1-c1ccncn1. The molecule has 2 aliphatic heterocycles. The quantitative estimate of drug-likeness (QED) is 0.0511. The van der Waals surface area contributed by atoms with Gasteiger partial charge in [0.1, 0.15) is 30.0 Å². The number of anilines is 2. The van der Waals surface area contributed by atoms with Gasteiger partial charge in [0.2, 0.25) is 11.8 Å². The Balaban J connectivity index is 0.663. The maximum Gasteiger partial charge on any atom is 0.255 e. The highest BCUT2D eigenvalue weighted by atomic mass is 16.5. The zero-order chi connectivity index (χ0) is 47.2. The van der Waals surface area contributed by atoms with Gasteiger partial charge < -0.3 is 40.6 Å². The molecule has 0 spiro atoms.